The van der Waals surface area contributed by atoms with Crippen LogP contribution in [-0.4, -0.2) is 27.5 Å². The lowest BCUT2D eigenvalue weighted by Crippen LogP contribution is -1.99. The fourth-order valence-corrected chi connectivity index (χ4v) is 2.84. The molecule has 0 aliphatic heterocycles. The van der Waals surface area contributed by atoms with E-state index in [1.54, 1.807) is 31.4 Å². The number of nitrogens with zero attached hydrogens (tertiary/aromatic N) is 2. The van der Waals surface area contributed by atoms with Crippen molar-refractivity contribution in [3.8, 4) is 16.7 Å². The first-order valence-electron chi connectivity index (χ1n) is 7.56. The topological polar surface area (TPSA) is 81.5 Å². The van der Waals surface area contributed by atoms with Crippen LogP contribution < -0.4 is 9.47 Å². The van der Waals surface area contributed by atoms with Gasteiger partial charge in [0, 0.05) is 18.0 Å². The van der Waals surface area contributed by atoms with Crippen LogP contribution in [0.1, 0.15) is 17.0 Å². The van der Waals surface area contributed by atoms with E-state index in [1.807, 2.05) is 24.3 Å². The van der Waals surface area contributed by atoms with Gasteiger partial charge >= 0.3 is 5.97 Å². The minimum Gasteiger partial charge on any atom is -0.497 e. The van der Waals surface area contributed by atoms with Gasteiger partial charge in [-0.1, -0.05) is 24.3 Å². The summed E-state index contributed by atoms with van der Waals surface area (Å²) in [5.41, 5.74) is 1.78. The number of carbonyl (C=O) groups is 1. The van der Waals surface area contributed by atoms with E-state index in [2.05, 4.69) is 9.36 Å². The second kappa shape index (κ2) is 7.76. The molecule has 6 nitrogen and oxygen atoms in total. The van der Waals surface area contributed by atoms with Crippen LogP contribution in [-0.2, 0) is 17.6 Å². The summed E-state index contributed by atoms with van der Waals surface area (Å²) >= 11 is 1.18. The molecule has 0 aliphatic rings. The van der Waals surface area contributed by atoms with Crippen LogP contribution in [0.25, 0.3) is 0 Å². The standard InChI is InChI=1S/C18H16N2O4S/c1-23-15-4-2-3-13(9-15)10-16-19-18(25-20-16)24-14-7-5-12(6-8-14)11-17(21)22/h2-9H,10-11H2,1H3,(H,21,22). The van der Waals surface area contributed by atoms with E-state index in [0.717, 1.165) is 16.9 Å². The lowest BCUT2D eigenvalue weighted by Gasteiger charge is -2.03. The van der Waals surface area contributed by atoms with E-state index < -0.39 is 5.97 Å². The number of hydrogen-bond acceptors (Lipinski definition) is 6. The molecule has 2 aromatic carbocycles. The van der Waals surface area contributed by atoms with Crippen LogP contribution in [0.15, 0.2) is 48.5 Å². The van der Waals surface area contributed by atoms with E-state index in [0.29, 0.717) is 23.2 Å². The number of carboxylic acids is 1. The van der Waals surface area contributed by atoms with Crippen molar-refractivity contribution in [1.82, 2.24) is 9.36 Å². The Bertz CT molecular complexity index is 862. The van der Waals surface area contributed by atoms with E-state index in [1.165, 1.54) is 11.5 Å². The molecular formula is C18H16N2O4S. The minimum atomic E-state index is -0.861. The number of hydrogen-bond donors (Lipinski definition) is 1. The van der Waals surface area contributed by atoms with Crippen LogP contribution in [0.3, 0.4) is 0 Å². The zero-order valence-electron chi connectivity index (χ0n) is 13.5. The summed E-state index contributed by atoms with van der Waals surface area (Å²) in [5, 5.41) is 9.22. The van der Waals surface area contributed by atoms with Crippen LogP contribution in [0.2, 0.25) is 0 Å². The van der Waals surface area contributed by atoms with Gasteiger partial charge in [0.05, 0.1) is 13.5 Å². The zero-order chi connectivity index (χ0) is 17.6. The Hall–Kier alpha value is -2.93. The fourth-order valence-electron chi connectivity index (χ4n) is 2.27. The largest absolute Gasteiger partial charge is 0.497 e. The maximum atomic E-state index is 10.7. The molecule has 1 heterocycles. The molecule has 128 valence electrons. The molecule has 1 N–H and O–H groups in total. The molecule has 0 unspecified atom stereocenters. The van der Waals surface area contributed by atoms with Crippen molar-refractivity contribution in [2.24, 2.45) is 0 Å². The Kier molecular flexibility index (Phi) is 5.25. The molecule has 3 rings (SSSR count). The number of carboxylic acid groups (broad SMARTS) is 1. The molecule has 0 spiro atoms. The monoisotopic (exact) mass is 356 g/mol. The Morgan fingerprint density at radius 2 is 1.92 bits per heavy atom. The summed E-state index contributed by atoms with van der Waals surface area (Å²) in [6, 6.07) is 14.7. The molecule has 1 aromatic heterocycles. The van der Waals surface area contributed by atoms with Crippen molar-refractivity contribution < 1.29 is 19.4 Å². The van der Waals surface area contributed by atoms with Crippen LogP contribution in [0.4, 0.5) is 0 Å². The normalized spacial score (nSPS) is 10.4. The number of methoxy groups -OCH3 is 1. The molecule has 7 heteroatoms. The molecule has 0 atom stereocenters. The molecule has 0 saturated carbocycles. The van der Waals surface area contributed by atoms with Gasteiger partial charge in [-0.2, -0.15) is 9.36 Å². The van der Waals surface area contributed by atoms with Gasteiger partial charge in [0.2, 0.25) is 0 Å². The molecule has 0 amide bonds. The second-order valence-electron chi connectivity index (χ2n) is 5.32. The molecule has 3 aromatic rings. The molecular weight excluding hydrogens is 340 g/mol. The predicted molar refractivity (Wildman–Crippen MR) is 93.6 cm³/mol. The van der Waals surface area contributed by atoms with Gasteiger partial charge in [-0.05, 0) is 35.4 Å². The second-order valence-corrected chi connectivity index (χ2v) is 6.04. The maximum absolute atomic E-state index is 10.7. The first kappa shape index (κ1) is 16.9. The SMILES string of the molecule is COc1cccc(Cc2nsc(Oc3ccc(CC(=O)O)cc3)n2)c1. The molecule has 0 bridgehead atoms. The Balaban J connectivity index is 1.64. The highest BCUT2D eigenvalue weighted by atomic mass is 32.1. The van der Waals surface area contributed by atoms with Crippen LogP contribution >= 0.6 is 11.5 Å². The first-order chi connectivity index (χ1) is 12.1. The summed E-state index contributed by atoms with van der Waals surface area (Å²) in [6.07, 6.45) is 0.582. The van der Waals surface area contributed by atoms with Gasteiger partial charge in [0.1, 0.15) is 11.5 Å². The van der Waals surface area contributed by atoms with Crippen molar-refractivity contribution in [1.29, 1.82) is 0 Å². The van der Waals surface area contributed by atoms with Crippen molar-refractivity contribution in [2.75, 3.05) is 7.11 Å². The van der Waals surface area contributed by atoms with Crippen molar-refractivity contribution >= 4 is 17.5 Å². The van der Waals surface area contributed by atoms with Crippen molar-refractivity contribution in [3.63, 3.8) is 0 Å². The highest BCUT2D eigenvalue weighted by Gasteiger charge is 2.08. The summed E-state index contributed by atoms with van der Waals surface area (Å²) in [6.45, 7) is 0. The average Bonchev–Trinajstić information content (AvgIpc) is 3.03. The number of benzene rings is 2. The Labute approximate surface area is 148 Å². The summed E-state index contributed by atoms with van der Waals surface area (Å²) in [5.74, 6) is 1.21. The fraction of sp³-hybridized carbons (Fsp3) is 0.167. The molecule has 0 aliphatic carbocycles. The van der Waals surface area contributed by atoms with Gasteiger partial charge in [0.15, 0.2) is 5.82 Å². The lowest BCUT2D eigenvalue weighted by atomic mass is 10.1. The lowest BCUT2D eigenvalue weighted by molar-refractivity contribution is -0.136. The van der Waals surface area contributed by atoms with Crippen LogP contribution in [0.5, 0.6) is 16.7 Å². The number of rotatable bonds is 7. The predicted octanol–water partition coefficient (Wildman–Crippen LogP) is 3.56. The summed E-state index contributed by atoms with van der Waals surface area (Å²) in [7, 11) is 1.63. The molecule has 0 fully saturated rings. The number of aromatic nitrogens is 2. The van der Waals surface area contributed by atoms with Gasteiger partial charge in [-0.3, -0.25) is 4.79 Å². The summed E-state index contributed by atoms with van der Waals surface area (Å²) in [4.78, 5) is 15.1. The van der Waals surface area contributed by atoms with Gasteiger partial charge in [-0.15, -0.1) is 0 Å². The highest BCUT2D eigenvalue weighted by molar-refractivity contribution is 7.07. The smallest absolute Gasteiger partial charge is 0.307 e. The summed E-state index contributed by atoms with van der Waals surface area (Å²) < 4.78 is 15.2. The third-order valence-electron chi connectivity index (χ3n) is 3.43. The third-order valence-corrected chi connectivity index (χ3v) is 4.06. The molecule has 25 heavy (non-hydrogen) atoms. The van der Waals surface area contributed by atoms with Gasteiger partial charge < -0.3 is 14.6 Å². The van der Waals surface area contributed by atoms with Gasteiger partial charge in [0.25, 0.3) is 5.19 Å². The van der Waals surface area contributed by atoms with E-state index in [-0.39, 0.29) is 6.42 Å². The first-order valence-corrected chi connectivity index (χ1v) is 8.34. The average molecular weight is 356 g/mol. The van der Waals surface area contributed by atoms with Crippen molar-refractivity contribution in [3.05, 3.63) is 65.5 Å². The van der Waals surface area contributed by atoms with E-state index in [4.69, 9.17) is 14.6 Å². The van der Waals surface area contributed by atoms with E-state index >= 15 is 0 Å². The quantitative estimate of drug-likeness (QED) is 0.697. The van der Waals surface area contributed by atoms with Crippen molar-refractivity contribution in [2.45, 2.75) is 12.8 Å². The van der Waals surface area contributed by atoms with E-state index in [9.17, 15) is 4.79 Å². The minimum absolute atomic E-state index is 0.0101. The Morgan fingerprint density at radius 1 is 1.12 bits per heavy atom. The van der Waals surface area contributed by atoms with Gasteiger partial charge in [-0.25, -0.2) is 0 Å². The Morgan fingerprint density at radius 3 is 2.64 bits per heavy atom. The molecule has 0 saturated heterocycles. The number of ether oxygens (including phenoxy) is 2. The zero-order valence-corrected chi connectivity index (χ0v) is 14.3. The third kappa shape index (κ3) is 4.77. The number of aliphatic carboxylic acids is 1. The van der Waals surface area contributed by atoms with Crippen LogP contribution in [0, 0.1) is 0 Å². The highest BCUT2D eigenvalue weighted by Crippen LogP contribution is 2.24. The maximum Gasteiger partial charge on any atom is 0.307 e. The molecule has 0 radical (unpaired) electrons.